The number of carbonyl (C=O) groups is 2. The highest BCUT2D eigenvalue weighted by molar-refractivity contribution is 5.85. The molecule has 1 aliphatic rings. The van der Waals surface area contributed by atoms with Crippen LogP contribution in [0.2, 0.25) is 0 Å². The third kappa shape index (κ3) is 5.93. The summed E-state index contributed by atoms with van der Waals surface area (Å²) in [5.41, 5.74) is 1.61. The molecule has 3 rings (SSSR count). The maximum absolute atomic E-state index is 12.8. The molecule has 1 aromatic carbocycles. The highest BCUT2D eigenvalue weighted by Crippen LogP contribution is 2.31. The number of methoxy groups -OCH3 is 3. The molecule has 0 atom stereocenters. The Morgan fingerprint density at radius 1 is 0.971 bits per heavy atom. The van der Waals surface area contributed by atoms with E-state index < -0.39 is 0 Å². The van der Waals surface area contributed by atoms with Crippen LogP contribution in [0.5, 0.6) is 11.5 Å². The molecule has 0 spiro atoms. The maximum Gasteiger partial charge on any atom is 0.249 e. The second-order valence-corrected chi connectivity index (χ2v) is 8.26. The summed E-state index contributed by atoms with van der Waals surface area (Å²) >= 11 is 0. The third-order valence-electron chi connectivity index (χ3n) is 5.80. The van der Waals surface area contributed by atoms with Crippen LogP contribution in [0.1, 0.15) is 13.8 Å². The van der Waals surface area contributed by atoms with Crippen LogP contribution in [-0.2, 0) is 14.3 Å². The van der Waals surface area contributed by atoms with Gasteiger partial charge in [0.15, 0.2) is 17.3 Å². The topological polar surface area (TPSA) is 97.3 Å². The molecule has 184 valence electrons. The molecule has 1 aromatic heterocycles. The Hall–Kier alpha value is -3.40. The summed E-state index contributed by atoms with van der Waals surface area (Å²) in [7, 11) is 4.67. The molecule has 0 unspecified atom stereocenters. The van der Waals surface area contributed by atoms with E-state index in [0.29, 0.717) is 37.7 Å². The van der Waals surface area contributed by atoms with Crippen LogP contribution in [0, 0.1) is 0 Å². The van der Waals surface area contributed by atoms with Crippen molar-refractivity contribution in [3.05, 3.63) is 30.3 Å². The summed E-state index contributed by atoms with van der Waals surface area (Å²) in [4.78, 5) is 30.5. The lowest BCUT2D eigenvalue weighted by Gasteiger charge is -2.36. The summed E-state index contributed by atoms with van der Waals surface area (Å²) in [6.45, 7) is 6.21. The third-order valence-corrected chi connectivity index (χ3v) is 5.80. The Morgan fingerprint density at radius 3 is 2.24 bits per heavy atom. The minimum absolute atomic E-state index is 0.0305. The smallest absolute Gasteiger partial charge is 0.249 e. The summed E-state index contributed by atoms with van der Waals surface area (Å²) < 4.78 is 15.6. The number of ether oxygens (including phenoxy) is 3. The van der Waals surface area contributed by atoms with Gasteiger partial charge in [0.2, 0.25) is 11.8 Å². The van der Waals surface area contributed by atoms with E-state index in [9.17, 15) is 9.59 Å². The standard InChI is InChI=1S/C24H33N5O5/c1-17(2)29(24(31)16-32-3)15-23(30)28-12-10-27(11-13-28)22-9-7-19(25-26-22)18-6-8-20(33-4)21(14-18)34-5/h6-9,14,17H,10-13,15-16H2,1-5H3. The molecule has 2 amide bonds. The molecule has 1 fully saturated rings. The minimum atomic E-state index is -0.186. The number of rotatable bonds is 9. The highest BCUT2D eigenvalue weighted by Gasteiger charge is 2.26. The van der Waals surface area contributed by atoms with Crippen molar-refractivity contribution in [2.45, 2.75) is 19.9 Å². The molecular weight excluding hydrogens is 438 g/mol. The Kier molecular flexibility index (Phi) is 8.64. The van der Waals surface area contributed by atoms with Gasteiger partial charge in [0.1, 0.15) is 13.2 Å². The first-order valence-electron chi connectivity index (χ1n) is 11.2. The van der Waals surface area contributed by atoms with Crippen molar-refractivity contribution in [2.24, 2.45) is 0 Å². The van der Waals surface area contributed by atoms with Gasteiger partial charge in [0.25, 0.3) is 0 Å². The highest BCUT2D eigenvalue weighted by atomic mass is 16.5. The van der Waals surface area contributed by atoms with Gasteiger partial charge in [0.05, 0.1) is 19.9 Å². The van der Waals surface area contributed by atoms with Crippen LogP contribution in [0.15, 0.2) is 30.3 Å². The van der Waals surface area contributed by atoms with Gasteiger partial charge < -0.3 is 28.9 Å². The first-order chi connectivity index (χ1) is 16.4. The van der Waals surface area contributed by atoms with Gasteiger partial charge in [-0.15, -0.1) is 10.2 Å². The average Bonchev–Trinajstić information content (AvgIpc) is 2.86. The van der Waals surface area contributed by atoms with Crippen molar-refractivity contribution in [2.75, 3.05) is 65.6 Å². The summed E-state index contributed by atoms with van der Waals surface area (Å²) in [6, 6.07) is 9.39. The first-order valence-corrected chi connectivity index (χ1v) is 11.2. The summed E-state index contributed by atoms with van der Waals surface area (Å²) in [5.74, 6) is 1.80. The first kappa shape index (κ1) is 25.2. The van der Waals surface area contributed by atoms with Crippen molar-refractivity contribution in [1.82, 2.24) is 20.0 Å². The second-order valence-electron chi connectivity index (χ2n) is 8.26. The number of amides is 2. The molecule has 1 saturated heterocycles. The molecule has 0 saturated carbocycles. The van der Waals surface area contributed by atoms with Crippen LogP contribution >= 0.6 is 0 Å². The molecule has 10 heteroatoms. The molecule has 0 bridgehead atoms. The summed E-state index contributed by atoms with van der Waals surface area (Å²) in [5, 5.41) is 8.78. The van der Waals surface area contributed by atoms with Crippen molar-refractivity contribution in [3.63, 3.8) is 0 Å². The predicted octanol–water partition coefficient (Wildman–Crippen LogP) is 1.69. The van der Waals surface area contributed by atoms with E-state index in [1.807, 2.05) is 44.2 Å². The average molecular weight is 472 g/mol. The van der Waals surface area contributed by atoms with Gasteiger partial charge >= 0.3 is 0 Å². The van der Waals surface area contributed by atoms with E-state index in [4.69, 9.17) is 14.2 Å². The number of hydrogen-bond donors (Lipinski definition) is 0. The lowest BCUT2D eigenvalue weighted by atomic mass is 10.1. The fraction of sp³-hybridized carbons (Fsp3) is 0.500. The number of aromatic nitrogens is 2. The van der Waals surface area contributed by atoms with E-state index in [0.717, 1.165) is 17.1 Å². The lowest BCUT2D eigenvalue weighted by molar-refractivity contribution is -0.144. The van der Waals surface area contributed by atoms with Crippen LogP contribution in [-0.4, -0.2) is 98.5 Å². The molecule has 0 N–H and O–H groups in total. The predicted molar refractivity (Wildman–Crippen MR) is 128 cm³/mol. The normalized spacial score (nSPS) is 13.7. The molecule has 0 radical (unpaired) electrons. The van der Waals surface area contributed by atoms with Gasteiger partial charge in [-0.2, -0.15) is 0 Å². The molecule has 2 heterocycles. The van der Waals surface area contributed by atoms with Gasteiger partial charge in [-0.05, 0) is 44.2 Å². The maximum atomic E-state index is 12.8. The molecule has 2 aromatic rings. The lowest BCUT2D eigenvalue weighted by Crippen LogP contribution is -2.53. The van der Waals surface area contributed by atoms with E-state index >= 15 is 0 Å². The summed E-state index contributed by atoms with van der Waals surface area (Å²) in [6.07, 6.45) is 0. The van der Waals surface area contributed by atoms with Gasteiger partial charge in [-0.1, -0.05) is 0 Å². The molecular formula is C24H33N5O5. The largest absolute Gasteiger partial charge is 0.493 e. The van der Waals surface area contributed by atoms with Crippen molar-refractivity contribution in [1.29, 1.82) is 0 Å². The zero-order valence-electron chi connectivity index (χ0n) is 20.5. The zero-order chi connectivity index (χ0) is 24.7. The Bertz CT molecular complexity index is 974. The van der Waals surface area contributed by atoms with Crippen LogP contribution in [0.4, 0.5) is 5.82 Å². The zero-order valence-corrected chi connectivity index (χ0v) is 20.5. The minimum Gasteiger partial charge on any atom is -0.493 e. The number of anilines is 1. The van der Waals surface area contributed by atoms with Crippen LogP contribution < -0.4 is 14.4 Å². The number of nitrogens with zero attached hydrogens (tertiary/aromatic N) is 5. The van der Waals surface area contributed by atoms with E-state index in [1.165, 1.54) is 7.11 Å². The Balaban J connectivity index is 1.59. The Labute approximate surface area is 200 Å². The molecule has 1 aliphatic heterocycles. The fourth-order valence-corrected chi connectivity index (χ4v) is 3.84. The number of benzene rings is 1. The van der Waals surface area contributed by atoms with E-state index in [1.54, 1.807) is 24.0 Å². The van der Waals surface area contributed by atoms with Gasteiger partial charge in [-0.3, -0.25) is 9.59 Å². The quantitative estimate of drug-likeness (QED) is 0.545. The number of carbonyl (C=O) groups excluding carboxylic acids is 2. The van der Waals surface area contributed by atoms with E-state index in [2.05, 4.69) is 15.1 Å². The second kappa shape index (κ2) is 11.6. The van der Waals surface area contributed by atoms with Gasteiger partial charge in [-0.25, -0.2) is 0 Å². The SMILES string of the molecule is COCC(=O)N(CC(=O)N1CCN(c2ccc(-c3ccc(OC)c(OC)c3)nn2)CC1)C(C)C. The molecule has 34 heavy (non-hydrogen) atoms. The van der Waals surface area contributed by atoms with Crippen LogP contribution in [0.3, 0.4) is 0 Å². The van der Waals surface area contributed by atoms with Crippen LogP contribution in [0.25, 0.3) is 11.3 Å². The number of hydrogen-bond acceptors (Lipinski definition) is 8. The molecule has 0 aliphatic carbocycles. The van der Waals surface area contributed by atoms with Crippen molar-refractivity contribution < 1.29 is 23.8 Å². The molecule has 10 nitrogen and oxygen atoms in total. The fourth-order valence-electron chi connectivity index (χ4n) is 3.84. The monoisotopic (exact) mass is 471 g/mol. The Morgan fingerprint density at radius 2 is 1.68 bits per heavy atom. The van der Waals surface area contributed by atoms with Crippen molar-refractivity contribution in [3.8, 4) is 22.8 Å². The number of piperazine rings is 1. The van der Waals surface area contributed by atoms with Crippen molar-refractivity contribution >= 4 is 17.6 Å². The van der Waals surface area contributed by atoms with E-state index in [-0.39, 0.29) is 31.0 Å². The van der Waals surface area contributed by atoms with Gasteiger partial charge in [0, 0.05) is 44.9 Å².